The van der Waals surface area contributed by atoms with Gasteiger partial charge in [-0.15, -0.1) is 0 Å². The molecule has 2 nitrogen and oxygen atoms in total. The molecular formula is C44H30N2. The maximum Gasteiger partial charge on any atom is 0.104 e. The topological polar surface area (TPSA) is 24.1 Å². The lowest BCUT2D eigenvalue weighted by Crippen LogP contribution is -2.39. The van der Waals surface area contributed by atoms with Crippen molar-refractivity contribution in [2.24, 2.45) is 0 Å². The van der Waals surface area contributed by atoms with Gasteiger partial charge in [-0.3, -0.25) is 5.32 Å². The quantitative estimate of drug-likeness (QED) is 0.159. The average Bonchev–Trinajstić information content (AvgIpc) is 3.45. The van der Waals surface area contributed by atoms with Gasteiger partial charge in [-0.25, -0.2) is 0 Å². The van der Waals surface area contributed by atoms with Gasteiger partial charge >= 0.3 is 0 Å². The molecule has 2 aliphatic rings. The Morgan fingerprint density at radius 1 is 0.413 bits per heavy atom. The van der Waals surface area contributed by atoms with Crippen molar-refractivity contribution in [1.82, 2.24) is 10.6 Å². The van der Waals surface area contributed by atoms with Gasteiger partial charge in [0.25, 0.3) is 0 Å². The molecule has 0 amide bonds. The van der Waals surface area contributed by atoms with Gasteiger partial charge in [0, 0.05) is 11.3 Å². The van der Waals surface area contributed by atoms with E-state index in [9.17, 15) is 0 Å². The number of hydrogen-bond acceptors (Lipinski definition) is 2. The van der Waals surface area contributed by atoms with Crippen molar-refractivity contribution in [3.63, 3.8) is 0 Å². The number of rotatable bonds is 3. The molecule has 216 valence electrons. The predicted molar refractivity (Wildman–Crippen MR) is 194 cm³/mol. The molecule has 8 aromatic carbocycles. The second-order valence-corrected chi connectivity index (χ2v) is 12.6. The number of hydrogen-bond donors (Lipinski definition) is 2. The minimum Gasteiger partial charge on any atom is -0.366 e. The Hall–Kier alpha value is -5.70. The molecule has 0 saturated carbocycles. The molecule has 1 aliphatic heterocycles. The van der Waals surface area contributed by atoms with Crippen molar-refractivity contribution in [1.29, 1.82) is 0 Å². The minimum atomic E-state index is -0.0657. The fraction of sp³-hybridized carbons (Fsp3) is 0.0455. The largest absolute Gasteiger partial charge is 0.366 e. The Morgan fingerprint density at radius 2 is 1.11 bits per heavy atom. The molecule has 0 radical (unpaired) electrons. The minimum absolute atomic E-state index is 0.00123. The molecule has 46 heavy (non-hydrogen) atoms. The van der Waals surface area contributed by atoms with Gasteiger partial charge in [0.15, 0.2) is 0 Å². The van der Waals surface area contributed by atoms with E-state index in [0.717, 1.165) is 5.70 Å². The first-order valence-corrected chi connectivity index (χ1v) is 16.1. The summed E-state index contributed by atoms with van der Waals surface area (Å²) in [5, 5.41) is 18.2. The molecule has 2 N–H and O–H groups in total. The zero-order valence-electron chi connectivity index (χ0n) is 25.2. The summed E-state index contributed by atoms with van der Waals surface area (Å²) < 4.78 is 0. The molecule has 0 bridgehead atoms. The van der Waals surface area contributed by atoms with E-state index in [2.05, 4.69) is 168 Å². The number of fused-ring (bicyclic) bond motifs is 7. The van der Waals surface area contributed by atoms with Crippen LogP contribution in [0, 0.1) is 0 Å². The van der Waals surface area contributed by atoms with Crippen LogP contribution in [0.15, 0.2) is 158 Å². The van der Waals surface area contributed by atoms with Crippen LogP contribution in [-0.4, -0.2) is 0 Å². The number of nitrogens with one attached hydrogen (secondary N) is 2. The highest BCUT2D eigenvalue weighted by Gasteiger charge is 2.28. The molecule has 2 heteroatoms. The van der Waals surface area contributed by atoms with Crippen LogP contribution in [0.2, 0.25) is 0 Å². The van der Waals surface area contributed by atoms with Crippen molar-refractivity contribution < 1.29 is 0 Å². The van der Waals surface area contributed by atoms with Gasteiger partial charge in [-0.2, -0.15) is 0 Å². The normalized spacial score (nSPS) is 16.9. The summed E-state index contributed by atoms with van der Waals surface area (Å²) in [6.07, 6.45) is 2.34. The summed E-state index contributed by atoms with van der Waals surface area (Å²) >= 11 is 0. The fourth-order valence-corrected chi connectivity index (χ4v) is 7.94. The molecule has 0 aromatic heterocycles. The second-order valence-electron chi connectivity index (χ2n) is 12.6. The van der Waals surface area contributed by atoms with Crippen LogP contribution < -0.4 is 10.6 Å². The molecular weight excluding hydrogens is 556 g/mol. The van der Waals surface area contributed by atoms with Crippen LogP contribution in [0.3, 0.4) is 0 Å². The molecule has 2 unspecified atom stereocenters. The maximum absolute atomic E-state index is 3.97. The van der Waals surface area contributed by atoms with E-state index in [1.54, 1.807) is 0 Å². The molecule has 10 rings (SSSR count). The van der Waals surface area contributed by atoms with E-state index in [1.165, 1.54) is 82.0 Å². The van der Waals surface area contributed by atoms with E-state index < -0.39 is 0 Å². The van der Waals surface area contributed by atoms with Crippen molar-refractivity contribution >= 4 is 48.8 Å². The van der Waals surface area contributed by atoms with E-state index >= 15 is 0 Å². The number of benzene rings is 8. The second kappa shape index (κ2) is 9.90. The molecule has 8 aromatic rings. The van der Waals surface area contributed by atoms with E-state index in [-0.39, 0.29) is 12.2 Å². The summed E-state index contributed by atoms with van der Waals surface area (Å²) in [6, 6.07) is 55.6. The summed E-state index contributed by atoms with van der Waals surface area (Å²) in [5.74, 6) is 0. The van der Waals surface area contributed by atoms with E-state index in [1.807, 2.05) is 0 Å². The smallest absolute Gasteiger partial charge is 0.104 e. The first-order valence-electron chi connectivity index (χ1n) is 16.1. The van der Waals surface area contributed by atoms with Crippen molar-refractivity contribution in [2.75, 3.05) is 0 Å². The molecule has 1 aliphatic carbocycles. The van der Waals surface area contributed by atoms with Gasteiger partial charge in [-0.05, 0) is 94.7 Å². The third-order valence-electron chi connectivity index (χ3n) is 10.0. The van der Waals surface area contributed by atoms with Crippen molar-refractivity contribution in [3.8, 4) is 22.3 Å². The zero-order chi connectivity index (χ0) is 30.2. The lowest BCUT2D eigenvalue weighted by molar-refractivity contribution is 0.443. The van der Waals surface area contributed by atoms with Crippen molar-refractivity contribution in [3.05, 3.63) is 174 Å². The Balaban J connectivity index is 1.22. The molecule has 0 fully saturated rings. The van der Waals surface area contributed by atoms with Crippen LogP contribution in [0.5, 0.6) is 0 Å². The summed E-state index contributed by atoms with van der Waals surface area (Å²) in [6.45, 7) is 0. The lowest BCUT2D eigenvalue weighted by Gasteiger charge is -2.34. The summed E-state index contributed by atoms with van der Waals surface area (Å²) in [7, 11) is 0. The monoisotopic (exact) mass is 586 g/mol. The lowest BCUT2D eigenvalue weighted by atomic mass is 9.88. The Kier molecular flexibility index (Phi) is 5.51. The van der Waals surface area contributed by atoms with Crippen LogP contribution in [0.1, 0.15) is 28.9 Å². The van der Waals surface area contributed by atoms with Gasteiger partial charge < -0.3 is 5.32 Å². The highest BCUT2D eigenvalue weighted by molar-refractivity contribution is 6.19. The van der Waals surface area contributed by atoms with Crippen LogP contribution in [0.4, 0.5) is 0 Å². The Morgan fingerprint density at radius 3 is 1.96 bits per heavy atom. The standard InChI is InChI=1S/C44H30N2/c1-2-11-29(12-3-1)44-45-39(31-22-23-35-36-18-8-14-28-15-9-19-37(41(28)36)38(35)25-31)26-40(46-44)43-34-17-7-5-13-30(34)24-32-21-20-27-10-4-6-16-33(27)42(32)43/h1-26,39,44-46H. The third kappa shape index (κ3) is 3.81. The van der Waals surface area contributed by atoms with Crippen molar-refractivity contribution in [2.45, 2.75) is 12.2 Å². The molecule has 1 heterocycles. The fourth-order valence-electron chi connectivity index (χ4n) is 7.94. The van der Waals surface area contributed by atoms with E-state index in [0.29, 0.717) is 0 Å². The predicted octanol–water partition coefficient (Wildman–Crippen LogP) is 10.9. The maximum atomic E-state index is 3.97. The Labute approximate surface area is 267 Å². The first-order chi connectivity index (χ1) is 22.8. The van der Waals surface area contributed by atoms with Gasteiger partial charge in [0.1, 0.15) is 6.17 Å². The van der Waals surface area contributed by atoms with E-state index in [4.69, 9.17) is 0 Å². The zero-order valence-corrected chi connectivity index (χ0v) is 25.2. The van der Waals surface area contributed by atoms with Crippen LogP contribution in [0.25, 0.3) is 71.0 Å². The van der Waals surface area contributed by atoms with Crippen LogP contribution in [-0.2, 0) is 0 Å². The molecule has 0 saturated heterocycles. The van der Waals surface area contributed by atoms with Gasteiger partial charge in [-0.1, -0.05) is 140 Å². The molecule has 2 atom stereocenters. The molecule has 0 spiro atoms. The van der Waals surface area contributed by atoms with Crippen LogP contribution >= 0.6 is 0 Å². The highest BCUT2D eigenvalue weighted by Crippen LogP contribution is 2.48. The average molecular weight is 587 g/mol. The first kappa shape index (κ1) is 25.6. The highest BCUT2D eigenvalue weighted by atomic mass is 15.2. The van der Waals surface area contributed by atoms with Gasteiger partial charge in [0.2, 0.25) is 0 Å². The third-order valence-corrected chi connectivity index (χ3v) is 10.0. The van der Waals surface area contributed by atoms with Gasteiger partial charge in [0.05, 0.1) is 6.04 Å². The summed E-state index contributed by atoms with van der Waals surface area (Å²) in [5.41, 5.74) is 10.2. The Bertz CT molecular complexity index is 2540. The summed E-state index contributed by atoms with van der Waals surface area (Å²) in [4.78, 5) is 0. The SMILES string of the molecule is C1=C(c2c3ccccc3cc3ccc4ccccc4c23)NC(c2ccccc2)NC1c1ccc2c(c1)-c1cccc3cccc-2c13.